The Morgan fingerprint density at radius 3 is 2.72 bits per heavy atom. The van der Waals surface area contributed by atoms with Gasteiger partial charge in [-0.05, 0) is 43.5 Å². The normalized spacial score (nSPS) is 14.8. The second-order valence-corrected chi connectivity index (χ2v) is 6.86. The largest absolute Gasteiger partial charge is 0.342 e. The molecule has 128 valence electrons. The number of amides is 1. The van der Waals surface area contributed by atoms with Gasteiger partial charge in [0.05, 0.1) is 11.4 Å². The van der Waals surface area contributed by atoms with Crippen LogP contribution in [0.3, 0.4) is 0 Å². The predicted octanol–water partition coefficient (Wildman–Crippen LogP) is 2.29. The molecule has 1 fully saturated rings. The zero-order chi connectivity index (χ0) is 17.1. The lowest BCUT2D eigenvalue weighted by Crippen LogP contribution is -2.36. The molecular weight excluding hydrogens is 336 g/mol. The summed E-state index contributed by atoms with van der Waals surface area (Å²) in [6, 6.07) is 9.44. The van der Waals surface area contributed by atoms with Crippen molar-refractivity contribution in [2.75, 3.05) is 18.8 Å². The molecule has 4 heterocycles. The Morgan fingerprint density at radius 1 is 1.04 bits per heavy atom. The molecule has 0 aliphatic carbocycles. The topological polar surface area (TPSA) is 76.3 Å². The average Bonchev–Trinajstić information content (AvgIpc) is 3.10. The first kappa shape index (κ1) is 16.0. The van der Waals surface area contributed by atoms with E-state index < -0.39 is 0 Å². The van der Waals surface area contributed by atoms with Crippen LogP contribution < -0.4 is 0 Å². The highest BCUT2D eigenvalue weighted by Gasteiger charge is 2.18. The van der Waals surface area contributed by atoms with Gasteiger partial charge in [-0.25, -0.2) is 0 Å². The summed E-state index contributed by atoms with van der Waals surface area (Å²) in [7, 11) is 0. The lowest BCUT2D eigenvalue weighted by molar-refractivity contribution is -0.129. The lowest BCUT2D eigenvalue weighted by Gasteiger charge is -2.26. The number of rotatable bonds is 4. The van der Waals surface area contributed by atoms with E-state index >= 15 is 0 Å². The second-order valence-electron chi connectivity index (χ2n) is 5.92. The van der Waals surface area contributed by atoms with Gasteiger partial charge in [0.15, 0.2) is 5.65 Å². The van der Waals surface area contributed by atoms with E-state index in [2.05, 4.69) is 20.3 Å². The van der Waals surface area contributed by atoms with Crippen molar-refractivity contribution in [3.8, 4) is 11.4 Å². The summed E-state index contributed by atoms with van der Waals surface area (Å²) in [6.07, 6.45) is 5.14. The zero-order valence-corrected chi connectivity index (χ0v) is 14.5. The maximum absolute atomic E-state index is 12.3. The highest BCUT2D eigenvalue weighted by atomic mass is 32.2. The van der Waals surface area contributed by atoms with E-state index in [9.17, 15) is 4.79 Å². The van der Waals surface area contributed by atoms with E-state index in [1.54, 1.807) is 10.7 Å². The molecule has 0 bridgehead atoms. The molecule has 0 spiro atoms. The molecule has 8 heteroatoms. The minimum atomic E-state index is 0.155. The Hall–Kier alpha value is -2.48. The highest BCUT2D eigenvalue weighted by Crippen LogP contribution is 2.20. The van der Waals surface area contributed by atoms with Crippen molar-refractivity contribution >= 4 is 23.3 Å². The number of pyridine rings is 1. The summed E-state index contributed by atoms with van der Waals surface area (Å²) in [5.41, 5.74) is 2.20. The van der Waals surface area contributed by atoms with Crippen molar-refractivity contribution in [2.24, 2.45) is 0 Å². The van der Waals surface area contributed by atoms with Crippen LogP contribution in [0.5, 0.6) is 0 Å². The zero-order valence-electron chi connectivity index (χ0n) is 13.7. The number of likely N-dealkylation sites (tertiary alicyclic amines) is 1. The summed E-state index contributed by atoms with van der Waals surface area (Å²) < 4.78 is 1.68. The van der Waals surface area contributed by atoms with Gasteiger partial charge in [-0.2, -0.15) is 9.61 Å². The monoisotopic (exact) mass is 354 g/mol. The fourth-order valence-corrected chi connectivity index (χ4v) is 3.66. The maximum atomic E-state index is 12.3. The molecule has 1 aliphatic rings. The van der Waals surface area contributed by atoms with E-state index in [1.807, 2.05) is 35.2 Å². The third-order valence-electron chi connectivity index (χ3n) is 4.20. The van der Waals surface area contributed by atoms with Gasteiger partial charge < -0.3 is 4.90 Å². The van der Waals surface area contributed by atoms with Crippen LogP contribution in [0.15, 0.2) is 41.7 Å². The van der Waals surface area contributed by atoms with E-state index in [4.69, 9.17) is 0 Å². The Labute approximate surface area is 149 Å². The molecule has 1 aliphatic heterocycles. The summed E-state index contributed by atoms with van der Waals surface area (Å²) in [5.74, 6) is 0.512. The van der Waals surface area contributed by atoms with Gasteiger partial charge in [0.1, 0.15) is 5.69 Å². The molecular formula is C17H18N6OS. The van der Waals surface area contributed by atoms with E-state index in [1.165, 1.54) is 18.2 Å². The molecule has 3 aromatic rings. The van der Waals surface area contributed by atoms with Crippen LogP contribution >= 0.6 is 11.8 Å². The summed E-state index contributed by atoms with van der Waals surface area (Å²) >= 11 is 1.38. The Kier molecular flexibility index (Phi) is 4.60. The van der Waals surface area contributed by atoms with Gasteiger partial charge >= 0.3 is 0 Å². The molecule has 0 unspecified atom stereocenters. The number of hydrogen-bond donors (Lipinski definition) is 0. The number of thioether (sulfide) groups is 1. The number of carbonyl (C=O) groups excluding carboxylic acids is 1. The van der Waals surface area contributed by atoms with Crippen LogP contribution in [0.1, 0.15) is 19.3 Å². The van der Waals surface area contributed by atoms with Gasteiger partial charge in [-0.3, -0.25) is 9.78 Å². The molecule has 25 heavy (non-hydrogen) atoms. The summed E-state index contributed by atoms with van der Waals surface area (Å²) in [6.45, 7) is 1.73. The number of aromatic nitrogens is 5. The van der Waals surface area contributed by atoms with Crippen molar-refractivity contribution in [3.05, 3.63) is 36.5 Å². The highest BCUT2D eigenvalue weighted by molar-refractivity contribution is 7.99. The van der Waals surface area contributed by atoms with Gasteiger partial charge in [0.25, 0.3) is 0 Å². The predicted molar refractivity (Wildman–Crippen MR) is 95.2 cm³/mol. The molecule has 0 saturated carbocycles. The lowest BCUT2D eigenvalue weighted by atomic mass is 10.1. The van der Waals surface area contributed by atoms with Gasteiger partial charge in [0, 0.05) is 19.3 Å². The van der Waals surface area contributed by atoms with Gasteiger partial charge in [-0.15, -0.1) is 10.2 Å². The van der Waals surface area contributed by atoms with E-state index in [-0.39, 0.29) is 5.91 Å². The molecule has 1 amide bonds. The van der Waals surface area contributed by atoms with E-state index in [0.29, 0.717) is 16.6 Å². The van der Waals surface area contributed by atoms with Crippen molar-refractivity contribution < 1.29 is 4.79 Å². The van der Waals surface area contributed by atoms with Crippen LogP contribution in [0.25, 0.3) is 17.0 Å². The van der Waals surface area contributed by atoms with Crippen LogP contribution in [0.4, 0.5) is 0 Å². The van der Waals surface area contributed by atoms with Gasteiger partial charge in [-0.1, -0.05) is 17.8 Å². The SMILES string of the molecule is O=C(CSc1nnc2ccc(-c3ccccn3)nn12)N1CCCCC1. The number of hydrogen-bond acceptors (Lipinski definition) is 6. The quantitative estimate of drug-likeness (QED) is 0.669. The van der Waals surface area contributed by atoms with E-state index in [0.717, 1.165) is 37.3 Å². The second kappa shape index (κ2) is 7.18. The Balaban J connectivity index is 1.52. The van der Waals surface area contributed by atoms with Crippen molar-refractivity contribution in [1.29, 1.82) is 0 Å². The Bertz CT molecular complexity index is 875. The first-order valence-electron chi connectivity index (χ1n) is 8.36. The van der Waals surface area contributed by atoms with Gasteiger partial charge in [0.2, 0.25) is 11.1 Å². The number of piperidine rings is 1. The molecule has 4 rings (SSSR count). The number of nitrogens with zero attached hydrogens (tertiary/aromatic N) is 6. The smallest absolute Gasteiger partial charge is 0.233 e. The third kappa shape index (κ3) is 3.48. The van der Waals surface area contributed by atoms with Crippen LogP contribution in [0.2, 0.25) is 0 Å². The van der Waals surface area contributed by atoms with Crippen LogP contribution in [-0.4, -0.2) is 54.4 Å². The Morgan fingerprint density at radius 2 is 1.92 bits per heavy atom. The standard InChI is InChI=1S/C17H18N6OS/c24-16(22-10-4-1-5-11-22)12-25-17-20-19-15-8-7-14(21-23(15)17)13-6-2-3-9-18-13/h2-3,6-9H,1,4-5,10-12H2. The fraction of sp³-hybridized carbons (Fsp3) is 0.353. The minimum absolute atomic E-state index is 0.155. The summed E-state index contributed by atoms with van der Waals surface area (Å²) in [5, 5.41) is 13.5. The first-order chi connectivity index (χ1) is 12.3. The van der Waals surface area contributed by atoms with Crippen molar-refractivity contribution in [1.82, 2.24) is 29.7 Å². The molecule has 1 saturated heterocycles. The third-order valence-corrected chi connectivity index (χ3v) is 5.10. The average molecular weight is 354 g/mol. The molecule has 0 N–H and O–H groups in total. The van der Waals surface area contributed by atoms with Crippen molar-refractivity contribution in [3.63, 3.8) is 0 Å². The minimum Gasteiger partial charge on any atom is -0.342 e. The number of fused-ring (bicyclic) bond motifs is 1. The maximum Gasteiger partial charge on any atom is 0.233 e. The molecule has 3 aromatic heterocycles. The van der Waals surface area contributed by atoms with Crippen LogP contribution in [-0.2, 0) is 4.79 Å². The fourth-order valence-electron chi connectivity index (χ4n) is 2.87. The number of carbonyl (C=O) groups is 1. The molecule has 0 aromatic carbocycles. The molecule has 7 nitrogen and oxygen atoms in total. The molecule has 0 radical (unpaired) electrons. The van der Waals surface area contributed by atoms with Crippen LogP contribution in [0, 0.1) is 0 Å². The van der Waals surface area contributed by atoms with Crippen molar-refractivity contribution in [2.45, 2.75) is 24.4 Å². The summed E-state index contributed by atoms with van der Waals surface area (Å²) in [4.78, 5) is 18.6. The molecule has 0 atom stereocenters. The first-order valence-corrected chi connectivity index (χ1v) is 9.34.